The molecule has 116 valence electrons. The van der Waals surface area contributed by atoms with Gasteiger partial charge in [0, 0.05) is 12.6 Å². The van der Waals surface area contributed by atoms with Gasteiger partial charge in [0.05, 0.1) is 14.2 Å². The molecule has 0 aliphatic rings. The first-order valence-electron chi connectivity index (χ1n) is 7.41. The third-order valence-electron chi connectivity index (χ3n) is 3.54. The molecule has 1 unspecified atom stereocenters. The summed E-state index contributed by atoms with van der Waals surface area (Å²) in [6.45, 7) is 2.95. The summed E-state index contributed by atoms with van der Waals surface area (Å²) >= 11 is 0. The molecule has 1 N–H and O–H groups in total. The molecule has 3 heteroatoms. The summed E-state index contributed by atoms with van der Waals surface area (Å²) < 4.78 is 10.5. The lowest BCUT2D eigenvalue weighted by Crippen LogP contribution is -2.18. The number of rotatable bonds is 7. The fourth-order valence-electron chi connectivity index (χ4n) is 2.21. The van der Waals surface area contributed by atoms with E-state index in [2.05, 4.69) is 42.6 Å². The second-order valence-electron chi connectivity index (χ2n) is 5.09. The van der Waals surface area contributed by atoms with Gasteiger partial charge < -0.3 is 14.8 Å². The van der Waals surface area contributed by atoms with Crippen molar-refractivity contribution in [2.75, 3.05) is 20.8 Å². The minimum Gasteiger partial charge on any atom is -0.497 e. The molecule has 0 spiro atoms. The molecule has 0 aliphatic heterocycles. The lowest BCUT2D eigenvalue weighted by Gasteiger charge is -2.13. The van der Waals surface area contributed by atoms with Crippen LogP contribution >= 0.6 is 0 Å². The molecule has 0 radical (unpaired) electrons. The van der Waals surface area contributed by atoms with Gasteiger partial charge in [-0.1, -0.05) is 36.4 Å². The van der Waals surface area contributed by atoms with Gasteiger partial charge in [-0.05, 0) is 42.3 Å². The first-order chi connectivity index (χ1) is 10.7. The van der Waals surface area contributed by atoms with Crippen LogP contribution in [0.15, 0.2) is 54.6 Å². The maximum absolute atomic E-state index is 5.26. The molecule has 2 rings (SSSR count). The van der Waals surface area contributed by atoms with E-state index in [0.29, 0.717) is 0 Å². The van der Waals surface area contributed by atoms with Crippen LogP contribution in [-0.4, -0.2) is 20.8 Å². The van der Waals surface area contributed by atoms with Crippen LogP contribution in [0.25, 0.3) is 6.08 Å². The highest BCUT2D eigenvalue weighted by atomic mass is 16.5. The summed E-state index contributed by atoms with van der Waals surface area (Å²) in [6, 6.07) is 16.4. The zero-order valence-electron chi connectivity index (χ0n) is 13.4. The molecule has 22 heavy (non-hydrogen) atoms. The topological polar surface area (TPSA) is 30.5 Å². The molecular weight excluding hydrogens is 274 g/mol. The van der Waals surface area contributed by atoms with Crippen molar-refractivity contribution in [3.63, 3.8) is 0 Å². The van der Waals surface area contributed by atoms with E-state index < -0.39 is 0 Å². The van der Waals surface area contributed by atoms with Crippen molar-refractivity contribution in [1.29, 1.82) is 0 Å². The number of benzene rings is 2. The molecule has 0 aromatic heterocycles. The Morgan fingerprint density at radius 2 is 1.68 bits per heavy atom. The maximum Gasteiger partial charge on any atom is 0.119 e. The Balaban J connectivity index is 1.88. The van der Waals surface area contributed by atoms with E-state index in [0.717, 1.165) is 23.6 Å². The molecule has 3 nitrogen and oxygen atoms in total. The van der Waals surface area contributed by atoms with Crippen LogP contribution in [0, 0.1) is 0 Å². The first-order valence-corrected chi connectivity index (χ1v) is 7.41. The van der Waals surface area contributed by atoms with Crippen LogP contribution in [-0.2, 0) is 0 Å². The fraction of sp³-hybridized carbons (Fsp3) is 0.263. The normalized spacial score (nSPS) is 12.3. The highest BCUT2D eigenvalue weighted by Crippen LogP contribution is 2.18. The molecule has 0 fully saturated rings. The van der Waals surface area contributed by atoms with E-state index in [-0.39, 0.29) is 6.04 Å². The third kappa shape index (κ3) is 4.64. The standard InChI is InChI=1S/C19H23NO2/c1-15(17-9-5-11-19(14-17)22-3)20-12-6-8-16-7-4-10-18(13-16)21-2/h4-11,13-15,20H,12H2,1-3H3. The SMILES string of the molecule is COc1cccc(C=CCNC(C)c2cccc(OC)c2)c1. The average Bonchev–Trinajstić information content (AvgIpc) is 2.58. The van der Waals surface area contributed by atoms with Gasteiger partial charge in [-0.2, -0.15) is 0 Å². The van der Waals surface area contributed by atoms with Gasteiger partial charge in [0.1, 0.15) is 11.5 Å². The largest absolute Gasteiger partial charge is 0.497 e. The van der Waals surface area contributed by atoms with Crippen LogP contribution in [0.1, 0.15) is 24.1 Å². The van der Waals surface area contributed by atoms with Gasteiger partial charge in [0.25, 0.3) is 0 Å². The van der Waals surface area contributed by atoms with E-state index in [1.54, 1.807) is 14.2 Å². The molecule has 0 aliphatic carbocycles. The predicted molar refractivity (Wildman–Crippen MR) is 91.4 cm³/mol. The van der Waals surface area contributed by atoms with Crippen molar-refractivity contribution in [2.24, 2.45) is 0 Å². The Labute approximate surface area is 132 Å². The summed E-state index contributed by atoms with van der Waals surface area (Å²) in [4.78, 5) is 0. The van der Waals surface area contributed by atoms with Crippen molar-refractivity contribution in [2.45, 2.75) is 13.0 Å². The van der Waals surface area contributed by atoms with Crippen LogP contribution in [0.5, 0.6) is 11.5 Å². The van der Waals surface area contributed by atoms with Gasteiger partial charge in [-0.15, -0.1) is 0 Å². The minimum atomic E-state index is 0.269. The summed E-state index contributed by atoms with van der Waals surface area (Å²) in [5.74, 6) is 1.76. The number of methoxy groups -OCH3 is 2. The number of hydrogen-bond acceptors (Lipinski definition) is 3. The summed E-state index contributed by atoms with van der Waals surface area (Å²) in [7, 11) is 3.37. The number of ether oxygens (including phenoxy) is 2. The Bertz CT molecular complexity index is 622. The molecule has 0 bridgehead atoms. The smallest absolute Gasteiger partial charge is 0.119 e. The summed E-state index contributed by atoms with van der Waals surface area (Å²) in [5, 5.41) is 3.48. The lowest BCUT2D eigenvalue weighted by molar-refractivity contribution is 0.413. The monoisotopic (exact) mass is 297 g/mol. The van der Waals surface area contributed by atoms with Crippen molar-refractivity contribution in [1.82, 2.24) is 5.32 Å². The van der Waals surface area contributed by atoms with Gasteiger partial charge in [-0.3, -0.25) is 0 Å². The maximum atomic E-state index is 5.26. The van der Waals surface area contributed by atoms with E-state index in [1.165, 1.54) is 5.56 Å². The van der Waals surface area contributed by atoms with E-state index in [1.807, 2.05) is 30.3 Å². The molecule has 0 saturated carbocycles. The molecule has 0 amide bonds. The predicted octanol–water partition coefficient (Wildman–Crippen LogP) is 4.07. The Morgan fingerprint density at radius 3 is 2.41 bits per heavy atom. The molecule has 2 aromatic carbocycles. The average molecular weight is 297 g/mol. The molecule has 0 heterocycles. The van der Waals surface area contributed by atoms with Gasteiger partial charge in [0.15, 0.2) is 0 Å². The van der Waals surface area contributed by atoms with Crippen LogP contribution in [0.3, 0.4) is 0 Å². The highest BCUT2D eigenvalue weighted by Gasteiger charge is 2.04. The number of hydrogen-bond donors (Lipinski definition) is 1. The van der Waals surface area contributed by atoms with Crippen molar-refractivity contribution in [3.8, 4) is 11.5 Å². The highest BCUT2D eigenvalue weighted by molar-refractivity contribution is 5.51. The fourth-order valence-corrected chi connectivity index (χ4v) is 2.21. The zero-order chi connectivity index (χ0) is 15.8. The molecule has 2 aromatic rings. The van der Waals surface area contributed by atoms with Crippen LogP contribution < -0.4 is 14.8 Å². The van der Waals surface area contributed by atoms with E-state index in [9.17, 15) is 0 Å². The molecule has 0 saturated heterocycles. The Hall–Kier alpha value is -2.26. The first kappa shape index (κ1) is 16.1. The van der Waals surface area contributed by atoms with Gasteiger partial charge in [-0.25, -0.2) is 0 Å². The lowest BCUT2D eigenvalue weighted by atomic mass is 10.1. The number of nitrogens with one attached hydrogen (secondary N) is 1. The van der Waals surface area contributed by atoms with Crippen LogP contribution in [0.2, 0.25) is 0 Å². The van der Waals surface area contributed by atoms with E-state index >= 15 is 0 Å². The van der Waals surface area contributed by atoms with Crippen molar-refractivity contribution >= 4 is 6.08 Å². The minimum absolute atomic E-state index is 0.269. The summed E-state index contributed by atoms with van der Waals surface area (Å²) in [5.41, 5.74) is 2.35. The van der Waals surface area contributed by atoms with E-state index in [4.69, 9.17) is 9.47 Å². The Morgan fingerprint density at radius 1 is 1.00 bits per heavy atom. The molecular formula is C19H23NO2. The quantitative estimate of drug-likeness (QED) is 0.835. The van der Waals surface area contributed by atoms with Gasteiger partial charge in [0.2, 0.25) is 0 Å². The third-order valence-corrected chi connectivity index (χ3v) is 3.54. The van der Waals surface area contributed by atoms with Crippen LogP contribution in [0.4, 0.5) is 0 Å². The van der Waals surface area contributed by atoms with Crippen molar-refractivity contribution in [3.05, 3.63) is 65.7 Å². The Kier molecular flexibility index (Phi) is 6.04. The summed E-state index contributed by atoms with van der Waals surface area (Å²) in [6.07, 6.45) is 4.21. The second-order valence-corrected chi connectivity index (χ2v) is 5.09. The second kappa shape index (κ2) is 8.25. The molecule has 1 atom stereocenters. The van der Waals surface area contributed by atoms with Crippen molar-refractivity contribution < 1.29 is 9.47 Å². The zero-order valence-corrected chi connectivity index (χ0v) is 13.4. The van der Waals surface area contributed by atoms with Gasteiger partial charge >= 0.3 is 0 Å².